The second-order valence-electron chi connectivity index (χ2n) is 27.5. The Bertz CT molecular complexity index is 1930. The molecule has 5 atom stereocenters. The van der Waals surface area contributed by atoms with Crippen molar-refractivity contribution in [2.45, 2.75) is 400 Å². The molecule has 0 rings (SSSR count). The van der Waals surface area contributed by atoms with Crippen LogP contribution in [0.4, 0.5) is 0 Å². The van der Waals surface area contributed by atoms with Gasteiger partial charge in [-0.05, 0) is 57.3 Å². The third-order valence-electron chi connectivity index (χ3n) is 17.4. The summed E-state index contributed by atoms with van der Waals surface area (Å²) in [5.41, 5.74) is 0. The van der Waals surface area contributed by atoms with E-state index in [0.717, 1.165) is 109 Å². The van der Waals surface area contributed by atoms with Gasteiger partial charge in [0.1, 0.15) is 19.3 Å². The molecule has 0 saturated carbocycles. The lowest BCUT2D eigenvalue weighted by Gasteiger charge is -2.21. The van der Waals surface area contributed by atoms with E-state index in [0.29, 0.717) is 31.6 Å². The molecule has 0 spiro atoms. The molecule has 0 radical (unpaired) electrons. The third kappa shape index (κ3) is 70.0. The van der Waals surface area contributed by atoms with Gasteiger partial charge in [-0.25, -0.2) is 9.13 Å². The normalized spacial score (nSPS) is 14.1. The summed E-state index contributed by atoms with van der Waals surface area (Å²) in [5, 5.41) is 10.6. The van der Waals surface area contributed by atoms with Gasteiger partial charge in [-0.1, -0.05) is 329 Å². The Morgan fingerprint density at radius 2 is 0.562 bits per heavy atom. The molecule has 0 bridgehead atoms. The fraction of sp³-hybridized carbons (Fsp3) is 0.896. The fourth-order valence-electron chi connectivity index (χ4n) is 11.3. The van der Waals surface area contributed by atoms with Crippen molar-refractivity contribution in [2.24, 2.45) is 5.92 Å². The molecule has 96 heavy (non-hydrogen) atoms. The van der Waals surface area contributed by atoms with Gasteiger partial charge < -0.3 is 33.8 Å². The van der Waals surface area contributed by atoms with Gasteiger partial charge in [0.2, 0.25) is 0 Å². The molecule has 0 aromatic rings. The zero-order chi connectivity index (χ0) is 70.5. The van der Waals surface area contributed by atoms with Gasteiger partial charge in [0, 0.05) is 25.7 Å². The van der Waals surface area contributed by atoms with Crippen LogP contribution in [-0.4, -0.2) is 96.7 Å². The molecule has 19 heteroatoms. The van der Waals surface area contributed by atoms with Gasteiger partial charge in [-0.3, -0.25) is 37.3 Å². The molecule has 0 saturated heterocycles. The number of esters is 4. The summed E-state index contributed by atoms with van der Waals surface area (Å²) in [4.78, 5) is 72.8. The van der Waals surface area contributed by atoms with Crippen molar-refractivity contribution in [3.05, 3.63) is 24.3 Å². The van der Waals surface area contributed by atoms with Crippen molar-refractivity contribution in [1.29, 1.82) is 0 Å². The van der Waals surface area contributed by atoms with Gasteiger partial charge in [0.25, 0.3) is 0 Å². The Balaban J connectivity index is 5.26. The predicted octanol–water partition coefficient (Wildman–Crippen LogP) is 22.4. The first-order valence-corrected chi connectivity index (χ1v) is 42.4. The van der Waals surface area contributed by atoms with Crippen molar-refractivity contribution < 1.29 is 80.2 Å². The number of rotatable bonds is 75. The number of ether oxygens (including phenoxy) is 4. The van der Waals surface area contributed by atoms with E-state index < -0.39 is 97.5 Å². The molecular formula is C77H146O17P2. The average Bonchev–Trinajstić information content (AvgIpc) is 1.13. The van der Waals surface area contributed by atoms with Crippen molar-refractivity contribution in [3.8, 4) is 0 Å². The molecule has 0 heterocycles. The molecule has 0 aliphatic carbocycles. The molecule has 566 valence electrons. The van der Waals surface area contributed by atoms with Crippen LogP contribution in [0.3, 0.4) is 0 Å². The van der Waals surface area contributed by atoms with Crippen LogP contribution in [-0.2, 0) is 65.4 Å². The molecule has 0 aliphatic rings. The minimum atomic E-state index is -4.96. The van der Waals surface area contributed by atoms with Crippen LogP contribution in [0.2, 0.25) is 0 Å². The largest absolute Gasteiger partial charge is 0.472 e. The molecule has 0 aromatic carbocycles. The lowest BCUT2D eigenvalue weighted by molar-refractivity contribution is -0.161. The number of hydrogen-bond acceptors (Lipinski definition) is 15. The summed E-state index contributed by atoms with van der Waals surface area (Å²) in [6.07, 6.45) is 61.9. The van der Waals surface area contributed by atoms with E-state index in [2.05, 4.69) is 58.9 Å². The van der Waals surface area contributed by atoms with Crippen LogP contribution < -0.4 is 0 Å². The number of phosphoric acid groups is 2. The highest BCUT2D eigenvalue weighted by molar-refractivity contribution is 7.47. The van der Waals surface area contributed by atoms with Crippen molar-refractivity contribution >= 4 is 39.5 Å². The minimum absolute atomic E-state index is 0.102. The topological polar surface area (TPSA) is 237 Å². The minimum Gasteiger partial charge on any atom is -0.462 e. The summed E-state index contributed by atoms with van der Waals surface area (Å²) in [7, 11) is -9.92. The van der Waals surface area contributed by atoms with E-state index in [1.165, 1.54) is 186 Å². The van der Waals surface area contributed by atoms with Gasteiger partial charge in [-0.15, -0.1) is 0 Å². The van der Waals surface area contributed by atoms with Crippen LogP contribution in [0.15, 0.2) is 24.3 Å². The van der Waals surface area contributed by atoms with Crippen LogP contribution in [0, 0.1) is 5.92 Å². The van der Waals surface area contributed by atoms with E-state index in [4.69, 9.17) is 37.0 Å². The lowest BCUT2D eigenvalue weighted by atomic mass is 10.0. The standard InChI is InChI=1S/C77H146O17P2/c1-6-9-12-15-18-21-24-26-28-29-30-31-33-35-38-41-47-52-57-62-76(81)93-72(66-88-75(80)61-56-51-46-40-37-34-32-27-25-22-19-16-13-10-7-2)68-91-95(83,84)89-64-71(78)65-90-96(85,86)92-69-73(94-77(82)63-58-53-48-43-42-44-49-54-59-70(4)5)67-87-74(79)60-55-50-45-39-36-23-20-17-14-11-8-3/h22,25,27,32,70-73,78H,6-21,23-24,26,28-31,33-69H2,1-5H3,(H,83,84)(H,85,86)/b25-22-,32-27-/t71-,72-,73-/m1/s1. The number of hydrogen-bond donors (Lipinski definition) is 3. The predicted molar refractivity (Wildman–Crippen MR) is 391 cm³/mol. The van der Waals surface area contributed by atoms with E-state index in [9.17, 15) is 43.2 Å². The van der Waals surface area contributed by atoms with Gasteiger partial charge in [0.05, 0.1) is 26.4 Å². The summed E-state index contributed by atoms with van der Waals surface area (Å²) >= 11 is 0. The molecular weight excluding hydrogens is 1260 g/mol. The number of carbonyl (C=O) groups is 4. The van der Waals surface area contributed by atoms with Crippen LogP contribution in [0.1, 0.15) is 381 Å². The Morgan fingerprint density at radius 3 is 0.854 bits per heavy atom. The maximum atomic E-state index is 13.1. The molecule has 17 nitrogen and oxygen atoms in total. The number of aliphatic hydroxyl groups is 1. The molecule has 3 N–H and O–H groups in total. The Morgan fingerprint density at radius 1 is 0.323 bits per heavy atom. The average molecular weight is 1410 g/mol. The highest BCUT2D eigenvalue weighted by atomic mass is 31.2. The first-order chi connectivity index (χ1) is 46.5. The number of aliphatic hydroxyl groups excluding tert-OH is 1. The zero-order valence-electron chi connectivity index (χ0n) is 62.0. The lowest BCUT2D eigenvalue weighted by Crippen LogP contribution is -2.30. The van der Waals surface area contributed by atoms with Crippen LogP contribution in [0.25, 0.3) is 0 Å². The monoisotopic (exact) mass is 1410 g/mol. The first-order valence-electron chi connectivity index (χ1n) is 39.5. The zero-order valence-corrected chi connectivity index (χ0v) is 63.8. The van der Waals surface area contributed by atoms with Crippen molar-refractivity contribution in [3.63, 3.8) is 0 Å². The quantitative estimate of drug-likeness (QED) is 0.0169. The molecule has 0 fully saturated rings. The van der Waals surface area contributed by atoms with E-state index >= 15 is 0 Å². The molecule has 0 aliphatic heterocycles. The van der Waals surface area contributed by atoms with Crippen LogP contribution in [0.5, 0.6) is 0 Å². The third-order valence-corrected chi connectivity index (χ3v) is 19.3. The molecule has 0 aromatic heterocycles. The maximum absolute atomic E-state index is 13.1. The second-order valence-corrected chi connectivity index (χ2v) is 30.4. The Hall–Kier alpha value is -2.46. The SMILES string of the molecule is CCCCCC/C=C\C=C/CCCCCCCC(=O)OC[C@H](COP(=O)(O)OC[C@@H](O)COP(=O)(O)OC[C@@H](COC(=O)CCCCCCCCCCCCC)OC(=O)CCCCCCCCCCC(C)C)OC(=O)CCCCCCCCCCCCCCCCCCCCC. The number of phosphoric ester groups is 2. The fourth-order valence-corrected chi connectivity index (χ4v) is 12.9. The number of allylic oxidation sites excluding steroid dienone is 4. The van der Waals surface area contributed by atoms with E-state index in [1.54, 1.807) is 0 Å². The van der Waals surface area contributed by atoms with Gasteiger partial charge in [-0.2, -0.15) is 0 Å². The maximum Gasteiger partial charge on any atom is 0.472 e. The number of carbonyl (C=O) groups excluding carboxylic acids is 4. The van der Waals surface area contributed by atoms with E-state index in [-0.39, 0.29) is 25.7 Å². The van der Waals surface area contributed by atoms with E-state index in [1.807, 2.05) is 0 Å². The summed E-state index contributed by atoms with van der Waals surface area (Å²) in [5.74, 6) is -1.43. The number of unbranched alkanes of at least 4 members (excludes halogenated alkanes) is 44. The summed E-state index contributed by atoms with van der Waals surface area (Å²) in [6.45, 7) is 7.19. The van der Waals surface area contributed by atoms with Gasteiger partial charge >= 0.3 is 39.5 Å². The Labute approximate surface area is 586 Å². The first kappa shape index (κ1) is 93.5. The molecule has 2 unspecified atom stereocenters. The summed E-state index contributed by atoms with van der Waals surface area (Å²) < 4.78 is 68.5. The highest BCUT2D eigenvalue weighted by Gasteiger charge is 2.30. The summed E-state index contributed by atoms with van der Waals surface area (Å²) in [6, 6.07) is 0. The highest BCUT2D eigenvalue weighted by Crippen LogP contribution is 2.45. The smallest absolute Gasteiger partial charge is 0.462 e. The van der Waals surface area contributed by atoms with Crippen LogP contribution >= 0.6 is 15.6 Å². The van der Waals surface area contributed by atoms with Crippen molar-refractivity contribution in [1.82, 2.24) is 0 Å². The Kier molecular flexibility index (Phi) is 67.8. The van der Waals surface area contributed by atoms with Gasteiger partial charge in [0.15, 0.2) is 12.2 Å². The molecule has 0 amide bonds. The second kappa shape index (κ2) is 69.6. The van der Waals surface area contributed by atoms with Crippen molar-refractivity contribution in [2.75, 3.05) is 39.6 Å².